The van der Waals surface area contributed by atoms with Gasteiger partial charge in [0.05, 0.1) is 0 Å². The van der Waals surface area contributed by atoms with Gasteiger partial charge in [-0.1, -0.05) is 33.8 Å². The third-order valence-corrected chi connectivity index (χ3v) is 4.11. The Balaban J connectivity index is 2.72. The van der Waals surface area contributed by atoms with Crippen LogP contribution in [-0.2, 0) is 0 Å². The largest absolute Gasteiger partial charge is 0.396 e. The van der Waals surface area contributed by atoms with E-state index in [1.807, 2.05) is 0 Å². The molecule has 0 saturated carbocycles. The molecule has 0 aliphatic rings. The summed E-state index contributed by atoms with van der Waals surface area (Å²) in [5.41, 5.74) is 0. The van der Waals surface area contributed by atoms with Crippen LogP contribution in [0, 0.1) is 11.8 Å². The smallest absolute Gasteiger partial charge is 0.0445 e. The second-order valence-corrected chi connectivity index (χ2v) is 6.25. The molecule has 0 radical (unpaired) electrons. The molecule has 0 aliphatic heterocycles. The van der Waals surface area contributed by atoms with Crippen molar-refractivity contribution in [2.45, 2.75) is 46.2 Å². The molecule has 0 fully saturated rings. The average Bonchev–Trinajstić information content (AvgIpc) is 2.76. The third kappa shape index (κ3) is 4.41. The van der Waals surface area contributed by atoms with E-state index < -0.39 is 0 Å². The lowest BCUT2D eigenvalue weighted by Gasteiger charge is -2.30. The van der Waals surface area contributed by atoms with Crippen LogP contribution in [-0.4, -0.2) is 17.8 Å². The van der Waals surface area contributed by atoms with Crippen molar-refractivity contribution in [3.05, 3.63) is 22.4 Å². The third-order valence-electron chi connectivity index (χ3n) is 3.15. The fraction of sp³-hybridized carbons (Fsp3) is 0.714. The first-order chi connectivity index (χ1) is 8.06. The first-order valence-corrected chi connectivity index (χ1v) is 7.34. The van der Waals surface area contributed by atoms with Gasteiger partial charge >= 0.3 is 0 Å². The SMILES string of the molecule is CC(C)C(CCO)NC(c1cccs1)C(C)C. The van der Waals surface area contributed by atoms with Crippen LogP contribution >= 0.6 is 11.3 Å². The van der Waals surface area contributed by atoms with Crippen molar-refractivity contribution in [1.29, 1.82) is 0 Å². The molecule has 1 heterocycles. The Bertz CT molecular complexity index is 295. The maximum absolute atomic E-state index is 9.13. The molecule has 0 bridgehead atoms. The van der Waals surface area contributed by atoms with E-state index in [1.165, 1.54) is 4.88 Å². The Kier molecular flexibility index (Phi) is 6.17. The molecular weight excluding hydrogens is 230 g/mol. The van der Waals surface area contributed by atoms with Crippen molar-refractivity contribution in [2.24, 2.45) is 11.8 Å². The Labute approximate surface area is 109 Å². The van der Waals surface area contributed by atoms with Gasteiger partial charge in [-0.3, -0.25) is 0 Å². The zero-order chi connectivity index (χ0) is 12.8. The fourth-order valence-corrected chi connectivity index (χ4v) is 3.01. The summed E-state index contributed by atoms with van der Waals surface area (Å²) >= 11 is 1.81. The number of rotatable bonds is 7. The van der Waals surface area contributed by atoms with E-state index in [-0.39, 0.29) is 6.61 Å². The van der Waals surface area contributed by atoms with Crippen molar-refractivity contribution < 1.29 is 5.11 Å². The highest BCUT2D eigenvalue weighted by atomic mass is 32.1. The van der Waals surface area contributed by atoms with Gasteiger partial charge in [-0.25, -0.2) is 0 Å². The Hall–Kier alpha value is -0.380. The fourth-order valence-electron chi connectivity index (χ4n) is 2.05. The van der Waals surface area contributed by atoms with Gasteiger partial charge in [0.15, 0.2) is 0 Å². The predicted molar refractivity (Wildman–Crippen MR) is 75.4 cm³/mol. The Morgan fingerprint density at radius 2 is 1.94 bits per heavy atom. The summed E-state index contributed by atoms with van der Waals surface area (Å²) in [5, 5.41) is 15.0. The van der Waals surface area contributed by atoms with Crippen molar-refractivity contribution in [3.8, 4) is 0 Å². The first-order valence-electron chi connectivity index (χ1n) is 6.46. The van der Waals surface area contributed by atoms with Crippen molar-refractivity contribution in [1.82, 2.24) is 5.32 Å². The van der Waals surface area contributed by atoms with Gasteiger partial charge in [0, 0.05) is 23.6 Å². The normalized spacial score (nSPS) is 15.5. The molecule has 0 saturated heterocycles. The van der Waals surface area contributed by atoms with E-state index in [2.05, 4.69) is 50.5 Å². The molecule has 0 aliphatic carbocycles. The minimum absolute atomic E-state index is 0.255. The summed E-state index contributed by atoms with van der Waals surface area (Å²) in [7, 11) is 0. The molecule has 2 unspecified atom stereocenters. The van der Waals surface area contributed by atoms with Gasteiger partial charge in [0.25, 0.3) is 0 Å². The molecular formula is C14H25NOS. The summed E-state index contributed by atoms with van der Waals surface area (Å²) in [4.78, 5) is 1.39. The minimum Gasteiger partial charge on any atom is -0.396 e. The molecule has 17 heavy (non-hydrogen) atoms. The number of nitrogens with one attached hydrogen (secondary N) is 1. The quantitative estimate of drug-likeness (QED) is 0.782. The molecule has 98 valence electrons. The molecule has 3 heteroatoms. The summed E-state index contributed by atoms with van der Waals surface area (Å²) in [6, 6.07) is 5.08. The topological polar surface area (TPSA) is 32.3 Å². The molecule has 0 amide bonds. The molecule has 1 rings (SSSR count). The maximum Gasteiger partial charge on any atom is 0.0445 e. The maximum atomic E-state index is 9.13. The van der Waals surface area contributed by atoms with Gasteiger partial charge in [-0.05, 0) is 29.7 Å². The molecule has 0 aromatic carbocycles. The van der Waals surface area contributed by atoms with Gasteiger partial charge in [0.1, 0.15) is 0 Å². The van der Waals surface area contributed by atoms with Gasteiger partial charge in [-0.15, -0.1) is 11.3 Å². The van der Waals surface area contributed by atoms with Crippen LogP contribution < -0.4 is 5.32 Å². The highest BCUT2D eigenvalue weighted by Crippen LogP contribution is 2.27. The standard InChI is InChI=1S/C14H25NOS/c1-10(2)12(7-8-16)15-14(11(3)4)13-6-5-9-17-13/h5-6,9-12,14-16H,7-8H2,1-4H3. The van der Waals surface area contributed by atoms with Gasteiger partial charge in [0.2, 0.25) is 0 Å². The van der Waals surface area contributed by atoms with E-state index in [0.717, 1.165) is 6.42 Å². The van der Waals surface area contributed by atoms with E-state index in [9.17, 15) is 0 Å². The molecule has 1 aromatic heterocycles. The zero-order valence-electron chi connectivity index (χ0n) is 11.3. The van der Waals surface area contributed by atoms with Crippen LogP contribution in [0.5, 0.6) is 0 Å². The predicted octanol–water partition coefficient (Wildman–Crippen LogP) is 3.44. The number of hydrogen-bond acceptors (Lipinski definition) is 3. The van der Waals surface area contributed by atoms with E-state index in [0.29, 0.717) is 23.9 Å². The summed E-state index contributed by atoms with van der Waals surface area (Å²) < 4.78 is 0. The Morgan fingerprint density at radius 1 is 1.24 bits per heavy atom. The minimum atomic E-state index is 0.255. The summed E-state index contributed by atoms with van der Waals surface area (Å²) in [5.74, 6) is 1.11. The average molecular weight is 255 g/mol. The zero-order valence-corrected chi connectivity index (χ0v) is 12.1. The molecule has 1 aromatic rings. The molecule has 2 atom stereocenters. The Morgan fingerprint density at radius 3 is 2.35 bits per heavy atom. The lowest BCUT2D eigenvalue weighted by molar-refractivity contribution is 0.225. The van der Waals surface area contributed by atoms with Crippen LogP contribution in [0.3, 0.4) is 0 Å². The van der Waals surface area contributed by atoms with E-state index in [1.54, 1.807) is 11.3 Å². The van der Waals surface area contributed by atoms with Crippen molar-refractivity contribution in [2.75, 3.05) is 6.61 Å². The number of thiophene rings is 1. The highest BCUT2D eigenvalue weighted by Gasteiger charge is 2.22. The molecule has 0 spiro atoms. The second kappa shape index (κ2) is 7.14. The first kappa shape index (κ1) is 14.7. The van der Waals surface area contributed by atoms with E-state index >= 15 is 0 Å². The van der Waals surface area contributed by atoms with Crippen LogP contribution in [0.2, 0.25) is 0 Å². The second-order valence-electron chi connectivity index (χ2n) is 5.27. The monoisotopic (exact) mass is 255 g/mol. The van der Waals surface area contributed by atoms with Crippen LogP contribution in [0.25, 0.3) is 0 Å². The van der Waals surface area contributed by atoms with Crippen LogP contribution in [0.4, 0.5) is 0 Å². The summed E-state index contributed by atoms with van der Waals surface area (Å²) in [6.45, 7) is 9.16. The van der Waals surface area contributed by atoms with Gasteiger partial charge in [-0.2, -0.15) is 0 Å². The van der Waals surface area contributed by atoms with E-state index in [4.69, 9.17) is 5.11 Å². The number of aliphatic hydroxyl groups excluding tert-OH is 1. The van der Waals surface area contributed by atoms with Crippen molar-refractivity contribution in [3.63, 3.8) is 0 Å². The lowest BCUT2D eigenvalue weighted by atomic mass is 9.96. The summed E-state index contributed by atoms with van der Waals surface area (Å²) in [6.07, 6.45) is 0.826. The molecule has 2 nitrogen and oxygen atoms in total. The highest BCUT2D eigenvalue weighted by molar-refractivity contribution is 7.10. The van der Waals surface area contributed by atoms with Gasteiger partial charge < -0.3 is 10.4 Å². The molecule has 2 N–H and O–H groups in total. The number of aliphatic hydroxyl groups is 1. The lowest BCUT2D eigenvalue weighted by Crippen LogP contribution is -2.39. The van der Waals surface area contributed by atoms with Crippen LogP contribution in [0.1, 0.15) is 45.0 Å². The van der Waals surface area contributed by atoms with Crippen molar-refractivity contribution >= 4 is 11.3 Å². The number of hydrogen-bond donors (Lipinski definition) is 2. The van der Waals surface area contributed by atoms with Crippen LogP contribution in [0.15, 0.2) is 17.5 Å².